The zero-order valence-electron chi connectivity index (χ0n) is 20.1. The predicted molar refractivity (Wildman–Crippen MR) is 119 cm³/mol. The topological polar surface area (TPSA) is 88.5 Å². The summed E-state index contributed by atoms with van der Waals surface area (Å²) in [4.78, 5) is 13.9. The third kappa shape index (κ3) is 8.17. The van der Waals surface area contributed by atoms with Crippen LogP contribution in [0.1, 0.15) is 52.2 Å². The summed E-state index contributed by atoms with van der Waals surface area (Å²) in [6.07, 6.45) is -0.533. The maximum absolute atomic E-state index is 13.8. The zero-order valence-corrected chi connectivity index (χ0v) is 20.1. The molecule has 7 nitrogen and oxygen atoms in total. The van der Waals surface area contributed by atoms with Crippen molar-refractivity contribution in [3.8, 4) is 0 Å². The van der Waals surface area contributed by atoms with Gasteiger partial charge in [0.1, 0.15) is 18.8 Å². The first-order chi connectivity index (χ1) is 15.3. The van der Waals surface area contributed by atoms with Crippen molar-refractivity contribution in [1.82, 2.24) is 4.90 Å². The van der Waals surface area contributed by atoms with Gasteiger partial charge in [-0.3, -0.25) is 0 Å². The molecule has 0 bridgehead atoms. The van der Waals surface area contributed by atoms with Crippen LogP contribution in [0.4, 0.5) is 13.6 Å². The average Bonchev–Trinajstić information content (AvgIpc) is 2.71. The van der Waals surface area contributed by atoms with Crippen molar-refractivity contribution in [2.75, 3.05) is 32.9 Å². The Morgan fingerprint density at radius 1 is 1.21 bits per heavy atom. The molecule has 1 fully saturated rings. The number of rotatable bonds is 9. The summed E-state index contributed by atoms with van der Waals surface area (Å²) < 4.78 is 43.0. The van der Waals surface area contributed by atoms with Crippen LogP contribution < -0.4 is 0 Å². The molecule has 2 atom stereocenters. The van der Waals surface area contributed by atoms with Gasteiger partial charge in [0.25, 0.3) is 5.92 Å². The molecule has 1 heterocycles. The molecule has 0 saturated carbocycles. The lowest BCUT2D eigenvalue weighted by molar-refractivity contribution is -0.135. The number of likely N-dealkylation sites (tertiary alicyclic amines) is 1. The highest BCUT2D eigenvalue weighted by Gasteiger charge is 2.44. The summed E-state index contributed by atoms with van der Waals surface area (Å²) in [6.45, 7) is 7.38. The Morgan fingerprint density at radius 2 is 1.85 bits per heavy atom. The highest BCUT2D eigenvalue weighted by atomic mass is 19.3. The molecule has 9 heteroatoms. The molecular formula is C24H37F2NO6. The first-order valence-corrected chi connectivity index (χ1v) is 11.2. The van der Waals surface area contributed by atoms with Gasteiger partial charge in [0.15, 0.2) is 0 Å². The molecule has 1 aromatic rings. The standard InChI is InChI=1S/C24H37F2NO6/c1-17(2)32-16-23(25,26)15-31-14-18-6-8-19(9-7-18)24(30)10-11-27(12-20(24)13-28)21(29)33-22(3,4)5/h6-9,17,20,28,30H,10-16H2,1-5H3/t20-,24+/m1/s1. The number of benzene rings is 1. The van der Waals surface area contributed by atoms with Crippen LogP contribution >= 0.6 is 0 Å². The molecule has 33 heavy (non-hydrogen) atoms. The molecule has 2 rings (SSSR count). The molecule has 0 aromatic heterocycles. The molecule has 1 amide bonds. The largest absolute Gasteiger partial charge is 0.444 e. The van der Waals surface area contributed by atoms with Crippen molar-refractivity contribution in [2.24, 2.45) is 5.92 Å². The van der Waals surface area contributed by atoms with Crippen molar-refractivity contribution in [3.05, 3.63) is 35.4 Å². The minimum absolute atomic E-state index is 0.00811. The third-order valence-corrected chi connectivity index (χ3v) is 5.41. The minimum Gasteiger partial charge on any atom is -0.444 e. The van der Waals surface area contributed by atoms with Gasteiger partial charge in [-0.2, -0.15) is 0 Å². The lowest BCUT2D eigenvalue weighted by atomic mass is 9.76. The lowest BCUT2D eigenvalue weighted by Crippen LogP contribution is -2.53. The van der Waals surface area contributed by atoms with Crippen LogP contribution in [0.15, 0.2) is 24.3 Å². The summed E-state index contributed by atoms with van der Waals surface area (Å²) >= 11 is 0. The van der Waals surface area contributed by atoms with Crippen LogP contribution in [0, 0.1) is 5.92 Å². The molecule has 1 saturated heterocycles. The van der Waals surface area contributed by atoms with E-state index in [1.54, 1.807) is 58.9 Å². The average molecular weight is 474 g/mol. The van der Waals surface area contributed by atoms with Crippen LogP contribution in [0.25, 0.3) is 0 Å². The van der Waals surface area contributed by atoms with E-state index in [1.807, 2.05) is 0 Å². The van der Waals surface area contributed by atoms with Gasteiger partial charge in [-0.05, 0) is 52.2 Å². The molecule has 0 spiro atoms. The summed E-state index contributed by atoms with van der Waals surface area (Å²) in [5, 5.41) is 21.2. The number of hydrogen-bond acceptors (Lipinski definition) is 6. The fourth-order valence-electron chi connectivity index (χ4n) is 3.64. The third-order valence-electron chi connectivity index (χ3n) is 5.41. The van der Waals surface area contributed by atoms with Crippen molar-refractivity contribution in [2.45, 2.75) is 70.9 Å². The van der Waals surface area contributed by atoms with E-state index in [0.29, 0.717) is 11.1 Å². The van der Waals surface area contributed by atoms with E-state index >= 15 is 0 Å². The number of aliphatic hydroxyl groups excluding tert-OH is 1. The molecule has 188 valence electrons. The van der Waals surface area contributed by atoms with Crippen molar-refractivity contribution < 1.29 is 38.0 Å². The monoisotopic (exact) mass is 473 g/mol. The first kappa shape index (κ1) is 27.4. The van der Waals surface area contributed by atoms with Crippen molar-refractivity contribution in [1.29, 1.82) is 0 Å². The number of alkyl halides is 2. The SMILES string of the molecule is CC(C)OCC(F)(F)COCc1ccc([C@@]2(O)CCN(C(=O)OC(C)(C)C)C[C@@H]2CO)cc1. The van der Waals surface area contributed by atoms with Crippen LogP contribution in [0.3, 0.4) is 0 Å². The number of piperidine rings is 1. The van der Waals surface area contributed by atoms with Gasteiger partial charge in [-0.25, -0.2) is 13.6 Å². The minimum atomic E-state index is -3.07. The van der Waals surface area contributed by atoms with Crippen LogP contribution in [-0.4, -0.2) is 71.7 Å². The zero-order chi connectivity index (χ0) is 24.9. The first-order valence-electron chi connectivity index (χ1n) is 11.2. The van der Waals surface area contributed by atoms with E-state index in [-0.39, 0.29) is 38.8 Å². The number of ether oxygens (including phenoxy) is 3. The van der Waals surface area contributed by atoms with Gasteiger partial charge in [0.05, 0.1) is 24.9 Å². The fourth-order valence-corrected chi connectivity index (χ4v) is 3.64. The lowest BCUT2D eigenvalue weighted by Gasteiger charge is -2.44. The van der Waals surface area contributed by atoms with Crippen LogP contribution in [0.2, 0.25) is 0 Å². The van der Waals surface area contributed by atoms with Gasteiger partial charge in [0.2, 0.25) is 0 Å². The van der Waals surface area contributed by atoms with Gasteiger partial charge < -0.3 is 29.3 Å². The van der Waals surface area contributed by atoms with E-state index in [9.17, 15) is 23.8 Å². The van der Waals surface area contributed by atoms with E-state index in [2.05, 4.69) is 0 Å². The maximum atomic E-state index is 13.8. The number of carbonyl (C=O) groups is 1. The molecule has 1 aliphatic heterocycles. The molecule has 2 N–H and O–H groups in total. The Labute approximate surface area is 194 Å². The number of aliphatic hydroxyl groups is 2. The summed E-state index contributed by atoms with van der Waals surface area (Å²) in [6, 6.07) is 6.80. The number of carbonyl (C=O) groups excluding carboxylic acids is 1. The number of hydrogen-bond donors (Lipinski definition) is 2. The van der Waals surface area contributed by atoms with Crippen LogP contribution in [0.5, 0.6) is 0 Å². The second-order valence-electron chi connectivity index (χ2n) is 9.89. The number of amides is 1. The highest BCUT2D eigenvalue weighted by Crippen LogP contribution is 2.38. The fraction of sp³-hybridized carbons (Fsp3) is 0.708. The van der Waals surface area contributed by atoms with E-state index in [4.69, 9.17) is 14.2 Å². The Bertz CT molecular complexity index is 765. The molecule has 1 aromatic carbocycles. The summed E-state index contributed by atoms with van der Waals surface area (Å²) in [7, 11) is 0. The smallest absolute Gasteiger partial charge is 0.410 e. The summed E-state index contributed by atoms with van der Waals surface area (Å²) in [5.41, 5.74) is -0.698. The van der Waals surface area contributed by atoms with Crippen LogP contribution in [-0.2, 0) is 26.4 Å². The second-order valence-corrected chi connectivity index (χ2v) is 9.89. The van der Waals surface area contributed by atoms with E-state index in [1.165, 1.54) is 4.90 Å². The molecular weight excluding hydrogens is 436 g/mol. The number of nitrogens with zero attached hydrogens (tertiary/aromatic N) is 1. The normalized spacial score (nSPS) is 22.0. The maximum Gasteiger partial charge on any atom is 0.410 e. The Kier molecular flexibility index (Phi) is 9.21. The quantitative estimate of drug-likeness (QED) is 0.569. The predicted octanol–water partition coefficient (Wildman–Crippen LogP) is 3.70. The van der Waals surface area contributed by atoms with E-state index in [0.717, 1.165) is 0 Å². The van der Waals surface area contributed by atoms with Gasteiger partial charge in [0, 0.05) is 19.0 Å². The van der Waals surface area contributed by atoms with Crippen molar-refractivity contribution in [3.63, 3.8) is 0 Å². The van der Waals surface area contributed by atoms with Crippen molar-refractivity contribution >= 4 is 6.09 Å². The molecule has 1 aliphatic rings. The highest BCUT2D eigenvalue weighted by molar-refractivity contribution is 5.68. The molecule has 0 radical (unpaired) electrons. The van der Waals surface area contributed by atoms with Gasteiger partial charge in [-0.1, -0.05) is 24.3 Å². The molecule has 0 aliphatic carbocycles. The Balaban J connectivity index is 1.96. The summed E-state index contributed by atoms with van der Waals surface area (Å²) in [5.74, 6) is -3.67. The number of halogens is 2. The van der Waals surface area contributed by atoms with Gasteiger partial charge in [-0.15, -0.1) is 0 Å². The van der Waals surface area contributed by atoms with E-state index < -0.39 is 42.3 Å². The second kappa shape index (κ2) is 11.1. The van der Waals surface area contributed by atoms with Gasteiger partial charge >= 0.3 is 6.09 Å². The Morgan fingerprint density at radius 3 is 2.39 bits per heavy atom. The molecule has 0 unspecified atom stereocenters. The Hall–Kier alpha value is -1.81.